The predicted molar refractivity (Wildman–Crippen MR) is 83.4 cm³/mol. The van der Waals surface area contributed by atoms with Gasteiger partial charge in [-0.15, -0.1) is 0 Å². The van der Waals surface area contributed by atoms with Crippen molar-refractivity contribution in [3.05, 3.63) is 59.5 Å². The molecule has 0 fully saturated rings. The summed E-state index contributed by atoms with van der Waals surface area (Å²) < 4.78 is 0. The number of rotatable bonds is 2. The zero-order chi connectivity index (χ0) is 14.8. The molecular formula is C15H11ClN4O. The lowest BCUT2D eigenvalue weighted by Gasteiger charge is -2.09. The molecule has 0 atom stereocenters. The van der Waals surface area contributed by atoms with Crippen LogP contribution in [-0.2, 0) is 0 Å². The Labute approximate surface area is 125 Å². The number of halogens is 1. The van der Waals surface area contributed by atoms with Gasteiger partial charge in [0.2, 0.25) is 0 Å². The number of benzene rings is 1. The third-order valence-electron chi connectivity index (χ3n) is 3.01. The van der Waals surface area contributed by atoms with Crippen molar-refractivity contribution in [2.75, 3.05) is 11.1 Å². The van der Waals surface area contributed by atoms with Crippen LogP contribution < -0.4 is 11.1 Å². The highest BCUT2D eigenvalue weighted by Gasteiger charge is 2.11. The van der Waals surface area contributed by atoms with E-state index >= 15 is 0 Å². The Morgan fingerprint density at radius 2 is 2.00 bits per heavy atom. The third kappa shape index (κ3) is 2.64. The highest BCUT2D eigenvalue weighted by molar-refractivity contribution is 6.30. The summed E-state index contributed by atoms with van der Waals surface area (Å²) in [7, 11) is 0. The molecule has 104 valence electrons. The molecule has 0 saturated heterocycles. The summed E-state index contributed by atoms with van der Waals surface area (Å²) in [6.45, 7) is 0. The van der Waals surface area contributed by atoms with Crippen LogP contribution in [0.15, 0.2) is 48.8 Å². The number of nitrogens with two attached hydrogens (primary N) is 1. The minimum Gasteiger partial charge on any atom is -0.397 e. The SMILES string of the molecule is Nc1ccc(NC(=O)c2ccc(Cl)cn2)c2cccnc12. The zero-order valence-electron chi connectivity index (χ0n) is 10.9. The Morgan fingerprint density at radius 3 is 2.76 bits per heavy atom. The number of anilines is 2. The lowest BCUT2D eigenvalue weighted by molar-refractivity contribution is 0.102. The normalized spacial score (nSPS) is 10.5. The van der Waals surface area contributed by atoms with E-state index in [2.05, 4.69) is 15.3 Å². The first kappa shape index (κ1) is 13.3. The van der Waals surface area contributed by atoms with Crippen LogP contribution in [-0.4, -0.2) is 15.9 Å². The van der Waals surface area contributed by atoms with Crippen LogP contribution in [0.3, 0.4) is 0 Å². The average Bonchev–Trinajstić information content (AvgIpc) is 2.51. The van der Waals surface area contributed by atoms with E-state index in [1.165, 1.54) is 6.20 Å². The number of carbonyl (C=O) groups excluding carboxylic acids is 1. The van der Waals surface area contributed by atoms with Gasteiger partial charge in [0.1, 0.15) is 5.69 Å². The molecule has 1 amide bonds. The highest BCUT2D eigenvalue weighted by atomic mass is 35.5. The molecule has 0 unspecified atom stereocenters. The van der Waals surface area contributed by atoms with Gasteiger partial charge < -0.3 is 11.1 Å². The Morgan fingerprint density at radius 1 is 1.14 bits per heavy atom. The Bertz CT molecular complexity index is 818. The molecule has 0 saturated carbocycles. The van der Waals surface area contributed by atoms with Crippen LogP contribution in [0.25, 0.3) is 10.9 Å². The van der Waals surface area contributed by atoms with Crippen LogP contribution in [0.2, 0.25) is 5.02 Å². The quantitative estimate of drug-likeness (QED) is 0.712. The van der Waals surface area contributed by atoms with Crippen molar-refractivity contribution >= 4 is 39.8 Å². The van der Waals surface area contributed by atoms with Crippen molar-refractivity contribution in [1.29, 1.82) is 0 Å². The maximum atomic E-state index is 12.2. The number of aromatic nitrogens is 2. The summed E-state index contributed by atoms with van der Waals surface area (Å²) in [5.41, 5.74) is 8.02. The number of hydrogen-bond acceptors (Lipinski definition) is 4. The van der Waals surface area contributed by atoms with Gasteiger partial charge in [-0.05, 0) is 36.4 Å². The number of nitrogen functional groups attached to an aromatic ring is 1. The second kappa shape index (κ2) is 5.38. The third-order valence-corrected chi connectivity index (χ3v) is 3.23. The fourth-order valence-electron chi connectivity index (χ4n) is 2.00. The van der Waals surface area contributed by atoms with Gasteiger partial charge in [0.15, 0.2) is 0 Å². The van der Waals surface area contributed by atoms with Crippen molar-refractivity contribution < 1.29 is 4.79 Å². The monoisotopic (exact) mass is 298 g/mol. The largest absolute Gasteiger partial charge is 0.397 e. The van der Waals surface area contributed by atoms with Gasteiger partial charge in [-0.3, -0.25) is 9.78 Å². The van der Waals surface area contributed by atoms with E-state index in [4.69, 9.17) is 17.3 Å². The molecule has 0 bridgehead atoms. The number of hydrogen-bond donors (Lipinski definition) is 2. The van der Waals surface area contributed by atoms with Crippen LogP contribution in [0.5, 0.6) is 0 Å². The molecule has 5 nitrogen and oxygen atoms in total. The van der Waals surface area contributed by atoms with Gasteiger partial charge in [0.05, 0.1) is 21.9 Å². The zero-order valence-corrected chi connectivity index (χ0v) is 11.6. The van der Waals surface area contributed by atoms with Crippen molar-refractivity contribution in [3.63, 3.8) is 0 Å². The van der Waals surface area contributed by atoms with Crippen LogP contribution in [0.4, 0.5) is 11.4 Å². The van der Waals surface area contributed by atoms with Crippen LogP contribution in [0, 0.1) is 0 Å². The second-order valence-electron chi connectivity index (χ2n) is 4.42. The summed E-state index contributed by atoms with van der Waals surface area (Å²) in [6.07, 6.45) is 3.09. The Balaban J connectivity index is 1.97. The Hall–Kier alpha value is -2.66. The van der Waals surface area contributed by atoms with Gasteiger partial charge in [0, 0.05) is 17.8 Å². The fourth-order valence-corrected chi connectivity index (χ4v) is 2.11. The summed E-state index contributed by atoms with van der Waals surface area (Å²) in [5.74, 6) is -0.318. The van der Waals surface area contributed by atoms with Crippen molar-refractivity contribution in [1.82, 2.24) is 9.97 Å². The average molecular weight is 299 g/mol. The van der Waals surface area contributed by atoms with Gasteiger partial charge in [-0.2, -0.15) is 0 Å². The van der Waals surface area contributed by atoms with Crippen molar-refractivity contribution in [2.24, 2.45) is 0 Å². The molecule has 0 aliphatic heterocycles. The summed E-state index contributed by atoms with van der Waals surface area (Å²) in [5, 5.41) is 4.07. The van der Waals surface area contributed by atoms with Crippen molar-refractivity contribution in [3.8, 4) is 0 Å². The van der Waals surface area contributed by atoms with Crippen LogP contribution in [0.1, 0.15) is 10.5 Å². The fraction of sp³-hybridized carbons (Fsp3) is 0. The molecular weight excluding hydrogens is 288 g/mol. The first-order chi connectivity index (χ1) is 10.1. The topological polar surface area (TPSA) is 80.9 Å². The number of nitrogens with zero attached hydrogens (tertiary/aromatic N) is 2. The standard InChI is InChI=1S/C15H11ClN4O/c16-9-3-5-13(19-8-9)15(21)20-12-6-4-11(17)14-10(12)2-1-7-18-14/h1-8H,17H2,(H,20,21). The maximum absolute atomic E-state index is 12.2. The van der Waals surface area contributed by atoms with Gasteiger partial charge >= 0.3 is 0 Å². The minimum absolute atomic E-state index is 0.285. The van der Waals surface area contributed by atoms with E-state index in [0.717, 1.165) is 5.39 Å². The molecule has 1 aromatic carbocycles. The lowest BCUT2D eigenvalue weighted by atomic mass is 10.1. The number of amides is 1. The molecule has 0 aliphatic carbocycles. The minimum atomic E-state index is -0.318. The predicted octanol–water partition coefficient (Wildman–Crippen LogP) is 3.12. The van der Waals surface area contributed by atoms with E-state index in [0.29, 0.717) is 21.9 Å². The van der Waals surface area contributed by atoms with Gasteiger partial charge in [0.25, 0.3) is 5.91 Å². The van der Waals surface area contributed by atoms with E-state index in [1.54, 1.807) is 36.5 Å². The van der Waals surface area contributed by atoms with E-state index in [9.17, 15) is 4.79 Å². The first-order valence-electron chi connectivity index (χ1n) is 6.21. The second-order valence-corrected chi connectivity index (χ2v) is 4.85. The van der Waals surface area contributed by atoms with Gasteiger partial charge in [-0.25, -0.2) is 4.98 Å². The molecule has 3 N–H and O–H groups in total. The number of pyridine rings is 2. The maximum Gasteiger partial charge on any atom is 0.274 e. The molecule has 2 aromatic heterocycles. The van der Waals surface area contributed by atoms with E-state index < -0.39 is 0 Å². The van der Waals surface area contributed by atoms with E-state index in [1.807, 2.05) is 6.07 Å². The smallest absolute Gasteiger partial charge is 0.274 e. The Kier molecular flexibility index (Phi) is 3.41. The molecule has 6 heteroatoms. The summed E-state index contributed by atoms with van der Waals surface area (Å²) in [4.78, 5) is 20.4. The highest BCUT2D eigenvalue weighted by Crippen LogP contribution is 2.26. The van der Waals surface area contributed by atoms with Gasteiger partial charge in [-0.1, -0.05) is 11.6 Å². The number of carbonyl (C=O) groups is 1. The van der Waals surface area contributed by atoms with Crippen molar-refractivity contribution in [2.45, 2.75) is 0 Å². The first-order valence-corrected chi connectivity index (χ1v) is 6.59. The van der Waals surface area contributed by atoms with Crippen LogP contribution >= 0.6 is 11.6 Å². The molecule has 0 aliphatic rings. The summed E-state index contributed by atoms with van der Waals surface area (Å²) in [6, 6.07) is 10.3. The summed E-state index contributed by atoms with van der Waals surface area (Å²) >= 11 is 5.76. The molecule has 21 heavy (non-hydrogen) atoms. The molecule has 2 heterocycles. The molecule has 0 spiro atoms. The molecule has 3 aromatic rings. The number of nitrogens with one attached hydrogen (secondary N) is 1. The number of fused-ring (bicyclic) bond motifs is 1. The molecule has 0 radical (unpaired) electrons. The lowest BCUT2D eigenvalue weighted by Crippen LogP contribution is -2.13. The van der Waals surface area contributed by atoms with E-state index in [-0.39, 0.29) is 11.6 Å². The molecule has 3 rings (SSSR count).